The summed E-state index contributed by atoms with van der Waals surface area (Å²) >= 11 is 1.50. The molecule has 1 heterocycles. The number of rotatable bonds is 6. The summed E-state index contributed by atoms with van der Waals surface area (Å²) in [6.45, 7) is 8.64. The van der Waals surface area contributed by atoms with Gasteiger partial charge in [0.05, 0.1) is 0 Å². The molecule has 0 aromatic heterocycles. The summed E-state index contributed by atoms with van der Waals surface area (Å²) in [7, 11) is 0. The summed E-state index contributed by atoms with van der Waals surface area (Å²) in [4.78, 5) is 26.6. The van der Waals surface area contributed by atoms with E-state index in [-0.39, 0.29) is 23.7 Å². The van der Waals surface area contributed by atoms with E-state index in [1.807, 2.05) is 39.8 Å². The van der Waals surface area contributed by atoms with Crippen LogP contribution < -0.4 is 0 Å². The van der Waals surface area contributed by atoms with Crippen LogP contribution in [0.25, 0.3) is 0 Å². The van der Waals surface area contributed by atoms with Crippen molar-refractivity contribution < 1.29 is 23.1 Å². The highest BCUT2D eigenvalue weighted by Crippen LogP contribution is 2.35. The van der Waals surface area contributed by atoms with Crippen molar-refractivity contribution in [3.8, 4) is 0 Å². The molecular weight excluding hydrogens is 418 g/mol. The zero-order valence-electron chi connectivity index (χ0n) is 18.5. The van der Waals surface area contributed by atoms with E-state index in [0.717, 1.165) is 34.1 Å². The molecule has 1 saturated heterocycles. The molecule has 1 aliphatic rings. The third kappa shape index (κ3) is 5.35. The van der Waals surface area contributed by atoms with Crippen molar-refractivity contribution in [1.29, 1.82) is 0 Å². The summed E-state index contributed by atoms with van der Waals surface area (Å²) in [6.07, 6.45) is -0.291. The number of hydrogen-bond acceptors (Lipinski definition) is 4. The molecule has 2 aromatic carbocycles. The molecule has 6 heteroatoms. The number of hydrogen-bond donors (Lipinski definition) is 0. The Balaban J connectivity index is 1.64. The van der Waals surface area contributed by atoms with Crippen molar-refractivity contribution in [2.75, 3.05) is 5.75 Å². The minimum atomic E-state index is -2.86. The van der Waals surface area contributed by atoms with Crippen molar-refractivity contribution in [3.05, 3.63) is 64.2 Å². The number of Topliss-reactive ketones (excluding diaryl/α,β-unsaturated/α-hetero) is 1. The van der Waals surface area contributed by atoms with Crippen molar-refractivity contribution >= 4 is 23.5 Å². The Labute approximate surface area is 186 Å². The van der Waals surface area contributed by atoms with Crippen LogP contribution in [0.4, 0.5) is 8.78 Å². The molecule has 166 valence electrons. The molecule has 31 heavy (non-hydrogen) atoms. The Bertz CT molecular complexity index is 938. The van der Waals surface area contributed by atoms with E-state index >= 15 is 0 Å². The van der Waals surface area contributed by atoms with Crippen LogP contribution >= 0.6 is 11.8 Å². The highest BCUT2D eigenvalue weighted by atomic mass is 32.2. The summed E-state index contributed by atoms with van der Waals surface area (Å²) in [5.41, 5.74) is 3.68. The van der Waals surface area contributed by atoms with E-state index in [4.69, 9.17) is 4.74 Å². The van der Waals surface area contributed by atoms with E-state index < -0.39 is 23.9 Å². The van der Waals surface area contributed by atoms with Crippen LogP contribution in [0.3, 0.4) is 0 Å². The Morgan fingerprint density at radius 3 is 2.19 bits per heavy atom. The highest BCUT2D eigenvalue weighted by molar-refractivity contribution is 7.99. The average Bonchev–Trinajstić information content (AvgIpc) is 2.67. The van der Waals surface area contributed by atoms with Gasteiger partial charge in [0.25, 0.3) is 5.92 Å². The molecule has 1 fully saturated rings. The fraction of sp³-hybridized carbons (Fsp3) is 0.440. The third-order valence-corrected chi connectivity index (χ3v) is 7.06. The SMILES string of the molecule is Cc1cc(C)c(C2C(=O)CC(C(C)CSc3ccc(C(C)(F)F)cc3)OC2=O)c(C)c1. The maximum Gasteiger partial charge on any atom is 0.321 e. The van der Waals surface area contributed by atoms with Gasteiger partial charge < -0.3 is 4.74 Å². The van der Waals surface area contributed by atoms with Crippen LogP contribution in [-0.4, -0.2) is 23.6 Å². The van der Waals surface area contributed by atoms with Crippen LogP contribution in [0.2, 0.25) is 0 Å². The van der Waals surface area contributed by atoms with Gasteiger partial charge in [0.2, 0.25) is 0 Å². The van der Waals surface area contributed by atoms with Crippen LogP contribution in [0.15, 0.2) is 41.3 Å². The molecule has 1 aliphatic heterocycles. The lowest BCUT2D eigenvalue weighted by atomic mass is 9.82. The van der Waals surface area contributed by atoms with Crippen molar-refractivity contribution in [2.24, 2.45) is 5.92 Å². The van der Waals surface area contributed by atoms with Gasteiger partial charge in [-0.25, -0.2) is 8.78 Å². The van der Waals surface area contributed by atoms with Gasteiger partial charge in [0.15, 0.2) is 5.78 Å². The van der Waals surface area contributed by atoms with Crippen LogP contribution in [0.5, 0.6) is 0 Å². The zero-order chi connectivity index (χ0) is 22.9. The van der Waals surface area contributed by atoms with Crippen molar-refractivity contribution in [1.82, 2.24) is 0 Å². The number of esters is 1. The number of carbonyl (C=O) groups is 2. The molecule has 3 rings (SSSR count). The van der Waals surface area contributed by atoms with E-state index in [0.29, 0.717) is 5.75 Å². The quantitative estimate of drug-likeness (QED) is 0.305. The van der Waals surface area contributed by atoms with Gasteiger partial charge in [0, 0.05) is 35.5 Å². The monoisotopic (exact) mass is 446 g/mol. The van der Waals surface area contributed by atoms with Gasteiger partial charge >= 0.3 is 5.97 Å². The Kier molecular flexibility index (Phi) is 6.89. The molecule has 0 amide bonds. The second-order valence-corrected chi connectivity index (χ2v) is 9.69. The molecule has 3 unspecified atom stereocenters. The predicted octanol–water partition coefficient (Wildman–Crippen LogP) is 6.12. The molecule has 3 nitrogen and oxygen atoms in total. The molecule has 0 saturated carbocycles. The van der Waals surface area contributed by atoms with E-state index in [2.05, 4.69) is 0 Å². The first kappa shape index (κ1) is 23.5. The lowest BCUT2D eigenvalue weighted by Crippen LogP contribution is -2.41. The lowest BCUT2D eigenvalue weighted by molar-refractivity contribution is -0.162. The maximum atomic E-state index is 13.4. The number of ketones is 1. The number of carbonyl (C=O) groups excluding carboxylic acids is 2. The number of benzene rings is 2. The summed E-state index contributed by atoms with van der Waals surface area (Å²) in [5, 5.41) is 0. The second-order valence-electron chi connectivity index (χ2n) is 8.59. The normalized spacial score (nSPS) is 20.5. The van der Waals surface area contributed by atoms with Gasteiger partial charge in [-0.2, -0.15) is 0 Å². The minimum Gasteiger partial charge on any atom is -0.461 e. The van der Waals surface area contributed by atoms with E-state index in [1.165, 1.54) is 23.9 Å². The van der Waals surface area contributed by atoms with Crippen LogP contribution in [0.1, 0.15) is 54.0 Å². The maximum absolute atomic E-state index is 13.4. The average molecular weight is 447 g/mol. The van der Waals surface area contributed by atoms with Crippen LogP contribution in [-0.2, 0) is 20.2 Å². The fourth-order valence-corrected chi connectivity index (χ4v) is 5.13. The molecule has 0 radical (unpaired) electrons. The molecule has 0 spiro atoms. The standard InChI is InChI=1S/C25H28F2O3S/c1-14-10-15(2)22(16(3)11-14)23-20(28)12-21(30-24(23)29)17(4)13-31-19-8-6-18(7-9-19)25(5,26)27/h6-11,17,21,23H,12-13H2,1-5H3. The van der Waals surface area contributed by atoms with Gasteiger partial charge in [-0.05, 0) is 49.6 Å². The first-order valence-electron chi connectivity index (χ1n) is 10.4. The number of thioether (sulfide) groups is 1. The number of ether oxygens (including phenoxy) is 1. The molecule has 3 atom stereocenters. The molecular formula is C25H28F2O3S. The zero-order valence-corrected chi connectivity index (χ0v) is 19.3. The van der Waals surface area contributed by atoms with E-state index in [9.17, 15) is 18.4 Å². The number of aryl methyl sites for hydroxylation is 3. The van der Waals surface area contributed by atoms with Crippen molar-refractivity contribution in [2.45, 2.75) is 63.9 Å². The smallest absolute Gasteiger partial charge is 0.321 e. The first-order chi connectivity index (χ1) is 14.5. The van der Waals surface area contributed by atoms with Gasteiger partial charge in [-0.3, -0.25) is 9.59 Å². The number of alkyl halides is 2. The highest BCUT2D eigenvalue weighted by Gasteiger charge is 2.41. The lowest BCUT2D eigenvalue weighted by Gasteiger charge is -2.32. The van der Waals surface area contributed by atoms with E-state index in [1.54, 1.807) is 12.1 Å². The van der Waals surface area contributed by atoms with Crippen LogP contribution in [0, 0.1) is 26.7 Å². The minimum absolute atomic E-state index is 0.0237. The summed E-state index contributed by atoms with van der Waals surface area (Å²) in [6, 6.07) is 10.1. The Hall–Kier alpha value is -2.21. The number of cyclic esters (lactones) is 1. The Morgan fingerprint density at radius 1 is 1.10 bits per heavy atom. The molecule has 0 N–H and O–H groups in total. The van der Waals surface area contributed by atoms with Crippen molar-refractivity contribution in [3.63, 3.8) is 0 Å². The fourth-order valence-electron chi connectivity index (χ4n) is 4.13. The predicted molar refractivity (Wildman–Crippen MR) is 119 cm³/mol. The molecule has 2 aromatic rings. The Morgan fingerprint density at radius 2 is 1.68 bits per heavy atom. The molecule has 0 aliphatic carbocycles. The van der Waals surface area contributed by atoms with Gasteiger partial charge in [0.1, 0.15) is 12.0 Å². The third-order valence-electron chi connectivity index (χ3n) is 5.76. The van der Waals surface area contributed by atoms with Gasteiger partial charge in [-0.1, -0.05) is 36.8 Å². The largest absolute Gasteiger partial charge is 0.461 e. The number of halogens is 2. The topological polar surface area (TPSA) is 43.4 Å². The van der Waals surface area contributed by atoms with Gasteiger partial charge in [-0.15, -0.1) is 11.8 Å². The first-order valence-corrected chi connectivity index (χ1v) is 11.4. The summed E-state index contributed by atoms with van der Waals surface area (Å²) in [5.74, 6) is -3.75. The second kappa shape index (κ2) is 9.11. The summed E-state index contributed by atoms with van der Waals surface area (Å²) < 4.78 is 32.4. The molecule has 0 bridgehead atoms.